The lowest BCUT2D eigenvalue weighted by atomic mass is 10.1. The maximum Gasteiger partial charge on any atom is 0.221 e. The van der Waals surface area contributed by atoms with Crippen molar-refractivity contribution in [1.29, 1.82) is 0 Å². The monoisotopic (exact) mass is 232 g/mol. The molecule has 0 aromatic heterocycles. The first-order valence-corrected chi connectivity index (χ1v) is 6.14. The fourth-order valence-electron chi connectivity index (χ4n) is 2.37. The van der Waals surface area contributed by atoms with Gasteiger partial charge in [0.25, 0.3) is 0 Å². The molecule has 0 unspecified atom stereocenters. The zero-order valence-corrected chi connectivity index (χ0v) is 10.6. The summed E-state index contributed by atoms with van der Waals surface area (Å²) in [4.78, 5) is 13.4. The third-order valence-electron chi connectivity index (χ3n) is 3.65. The average molecular weight is 232 g/mol. The number of carbonyl (C=O) groups is 1. The highest BCUT2D eigenvalue weighted by molar-refractivity contribution is 5.77. The molecule has 1 fully saturated rings. The minimum Gasteiger partial charge on any atom is -0.369 e. The summed E-state index contributed by atoms with van der Waals surface area (Å²) < 4.78 is 0. The van der Waals surface area contributed by atoms with Crippen LogP contribution in [0, 0.1) is 19.8 Å². The van der Waals surface area contributed by atoms with Crippen molar-refractivity contribution >= 4 is 5.91 Å². The van der Waals surface area contributed by atoms with Gasteiger partial charge in [-0.25, -0.2) is 0 Å². The molecule has 1 aliphatic rings. The van der Waals surface area contributed by atoms with Crippen molar-refractivity contribution in [3.8, 4) is 0 Å². The fraction of sp³-hybridized carbons (Fsp3) is 0.500. The quantitative estimate of drug-likeness (QED) is 0.860. The van der Waals surface area contributed by atoms with E-state index in [0.717, 1.165) is 26.1 Å². The van der Waals surface area contributed by atoms with Crippen LogP contribution in [0.2, 0.25) is 0 Å². The summed E-state index contributed by atoms with van der Waals surface area (Å²) in [6, 6.07) is 6.55. The van der Waals surface area contributed by atoms with Gasteiger partial charge in [-0.15, -0.1) is 0 Å². The molecule has 1 heterocycles. The van der Waals surface area contributed by atoms with Crippen molar-refractivity contribution in [3.05, 3.63) is 34.9 Å². The first-order chi connectivity index (χ1) is 8.06. The molecular formula is C14H20N2O. The van der Waals surface area contributed by atoms with Crippen LogP contribution in [0.25, 0.3) is 0 Å². The third-order valence-corrected chi connectivity index (χ3v) is 3.65. The maximum atomic E-state index is 11.1. The van der Waals surface area contributed by atoms with Gasteiger partial charge in [-0.1, -0.05) is 18.2 Å². The van der Waals surface area contributed by atoms with E-state index in [0.29, 0.717) is 0 Å². The molecular weight excluding hydrogens is 212 g/mol. The van der Waals surface area contributed by atoms with E-state index in [9.17, 15) is 4.79 Å². The lowest BCUT2D eigenvalue weighted by Gasteiger charge is -2.16. The van der Waals surface area contributed by atoms with E-state index in [1.165, 1.54) is 16.7 Å². The van der Waals surface area contributed by atoms with Gasteiger partial charge in [-0.3, -0.25) is 9.69 Å². The van der Waals surface area contributed by atoms with Gasteiger partial charge < -0.3 is 5.73 Å². The van der Waals surface area contributed by atoms with Gasteiger partial charge in [-0.2, -0.15) is 0 Å². The molecule has 0 aliphatic carbocycles. The van der Waals surface area contributed by atoms with Gasteiger partial charge in [0.05, 0.1) is 5.92 Å². The van der Waals surface area contributed by atoms with Crippen molar-refractivity contribution in [2.45, 2.75) is 26.8 Å². The molecule has 17 heavy (non-hydrogen) atoms. The first-order valence-electron chi connectivity index (χ1n) is 6.14. The smallest absolute Gasteiger partial charge is 0.221 e. The van der Waals surface area contributed by atoms with Gasteiger partial charge in [0.1, 0.15) is 0 Å². The molecule has 0 spiro atoms. The Morgan fingerprint density at radius 2 is 2.18 bits per heavy atom. The predicted molar refractivity (Wildman–Crippen MR) is 68.5 cm³/mol. The highest BCUT2D eigenvalue weighted by Gasteiger charge is 2.26. The minimum atomic E-state index is -0.160. The van der Waals surface area contributed by atoms with Crippen LogP contribution in [-0.4, -0.2) is 23.9 Å². The molecule has 1 amide bonds. The molecule has 1 aliphatic heterocycles. The van der Waals surface area contributed by atoms with Crippen molar-refractivity contribution < 1.29 is 4.79 Å². The van der Waals surface area contributed by atoms with Gasteiger partial charge >= 0.3 is 0 Å². The second kappa shape index (κ2) is 4.88. The number of hydrogen-bond donors (Lipinski definition) is 1. The van der Waals surface area contributed by atoms with Crippen molar-refractivity contribution in [3.63, 3.8) is 0 Å². The van der Waals surface area contributed by atoms with Crippen molar-refractivity contribution in [2.75, 3.05) is 13.1 Å². The van der Waals surface area contributed by atoms with E-state index in [-0.39, 0.29) is 11.8 Å². The number of nitrogens with zero attached hydrogens (tertiary/aromatic N) is 1. The number of aryl methyl sites for hydroxylation is 2. The van der Waals surface area contributed by atoms with Crippen LogP contribution in [0.5, 0.6) is 0 Å². The molecule has 2 N–H and O–H groups in total. The normalized spacial score (nSPS) is 20.7. The van der Waals surface area contributed by atoms with Crippen LogP contribution in [0.3, 0.4) is 0 Å². The van der Waals surface area contributed by atoms with E-state index in [4.69, 9.17) is 5.73 Å². The molecule has 0 bridgehead atoms. The van der Waals surface area contributed by atoms with Gasteiger partial charge in [0, 0.05) is 13.1 Å². The average Bonchev–Trinajstić information content (AvgIpc) is 2.72. The summed E-state index contributed by atoms with van der Waals surface area (Å²) >= 11 is 0. The molecule has 92 valence electrons. The van der Waals surface area contributed by atoms with Gasteiger partial charge in [-0.05, 0) is 43.5 Å². The second-order valence-electron chi connectivity index (χ2n) is 5.04. The van der Waals surface area contributed by atoms with E-state index in [2.05, 4.69) is 36.9 Å². The van der Waals surface area contributed by atoms with E-state index < -0.39 is 0 Å². The zero-order chi connectivity index (χ0) is 12.4. The Hall–Kier alpha value is -1.35. The molecule has 0 saturated carbocycles. The zero-order valence-electron chi connectivity index (χ0n) is 10.6. The molecule has 1 saturated heterocycles. The molecule has 3 nitrogen and oxygen atoms in total. The summed E-state index contributed by atoms with van der Waals surface area (Å²) in [5, 5.41) is 0. The first kappa shape index (κ1) is 12.1. The second-order valence-corrected chi connectivity index (χ2v) is 5.04. The fourth-order valence-corrected chi connectivity index (χ4v) is 2.37. The number of rotatable bonds is 3. The number of nitrogens with two attached hydrogens (primary N) is 1. The van der Waals surface area contributed by atoms with Crippen LogP contribution < -0.4 is 5.73 Å². The summed E-state index contributed by atoms with van der Waals surface area (Å²) in [5.74, 6) is -0.117. The summed E-state index contributed by atoms with van der Waals surface area (Å²) in [6.07, 6.45) is 0.903. The van der Waals surface area contributed by atoms with Crippen LogP contribution >= 0.6 is 0 Å². The number of likely N-dealkylation sites (tertiary alicyclic amines) is 1. The van der Waals surface area contributed by atoms with Gasteiger partial charge in [0.15, 0.2) is 0 Å². The molecule has 1 aromatic carbocycles. The number of hydrogen-bond acceptors (Lipinski definition) is 2. The topological polar surface area (TPSA) is 46.3 Å². The molecule has 3 heteroatoms. The summed E-state index contributed by atoms with van der Waals surface area (Å²) in [6.45, 7) is 6.96. The summed E-state index contributed by atoms with van der Waals surface area (Å²) in [5.41, 5.74) is 9.30. The third kappa shape index (κ3) is 2.86. The van der Waals surface area contributed by atoms with Crippen molar-refractivity contribution in [1.82, 2.24) is 4.90 Å². The molecule has 0 radical (unpaired) electrons. The minimum absolute atomic E-state index is 0.0431. The van der Waals surface area contributed by atoms with Crippen LogP contribution in [-0.2, 0) is 11.3 Å². The number of benzene rings is 1. The van der Waals surface area contributed by atoms with E-state index in [1.54, 1.807) is 0 Å². The standard InChI is InChI=1S/C14H20N2O/c1-10-3-4-12(7-11(10)2)8-16-6-5-13(9-16)14(15)17/h3-4,7,13H,5-6,8-9H2,1-2H3,(H2,15,17)/t13-/m0/s1. The Bertz CT molecular complexity index is 428. The Balaban J connectivity index is 1.98. The van der Waals surface area contributed by atoms with Crippen LogP contribution in [0.15, 0.2) is 18.2 Å². The Morgan fingerprint density at radius 3 is 2.76 bits per heavy atom. The van der Waals surface area contributed by atoms with E-state index in [1.807, 2.05) is 0 Å². The maximum absolute atomic E-state index is 11.1. The Kier molecular flexibility index (Phi) is 3.48. The largest absolute Gasteiger partial charge is 0.369 e. The molecule has 1 atom stereocenters. The Labute approximate surface area is 103 Å². The van der Waals surface area contributed by atoms with E-state index >= 15 is 0 Å². The summed E-state index contributed by atoms with van der Waals surface area (Å²) in [7, 11) is 0. The highest BCUT2D eigenvalue weighted by atomic mass is 16.1. The Morgan fingerprint density at radius 1 is 1.41 bits per heavy atom. The number of carbonyl (C=O) groups excluding carboxylic acids is 1. The predicted octanol–water partition coefficient (Wildman–Crippen LogP) is 1.61. The lowest BCUT2D eigenvalue weighted by Crippen LogP contribution is -2.27. The van der Waals surface area contributed by atoms with Crippen LogP contribution in [0.4, 0.5) is 0 Å². The highest BCUT2D eigenvalue weighted by Crippen LogP contribution is 2.19. The van der Waals surface area contributed by atoms with Gasteiger partial charge in [0.2, 0.25) is 5.91 Å². The lowest BCUT2D eigenvalue weighted by molar-refractivity contribution is -0.121. The number of amides is 1. The number of primary amides is 1. The molecule has 2 rings (SSSR count). The molecule has 1 aromatic rings. The SMILES string of the molecule is Cc1ccc(CN2CC[C@H](C(N)=O)C2)cc1C. The van der Waals surface area contributed by atoms with Crippen molar-refractivity contribution in [2.24, 2.45) is 11.7 Å². The van der Waals surface area contributed by atoms with Crippen LogP contribution in [0.1, 0.15) is 23.1 Å².